The highest BCUT2D eigenvalue weighted by atomic mass is 16.1. The second-order valence-electron chi connectivity index (χ2n) is 6.94. The number of amides is 1. The van der Waals surface area contributed by atoms with E-state index in [0.717, 1.165) is 45.0 Å². The van der Waals surface area contributed by atoms with Gasteiger partial charge in [0.1, 0.15) is 12.7 Å². The van der Waals surface area contributed by atoms with Gasteiger partial charge >= 0.3 is 0 Å². The van der Waals surface area contributed by atoms with Crippen LogP contribution in [0.4, 0.5) is 0 Å². The third-order valence-electron chi connectivity index (χ3n) is 4.91. The first kappa shape index (κ1) is 18.5. The Morgan fingerprint density at radius 1 is 1.15 bits per heavy atom. The number of benzene rings is 1. The van der Waals surface area contributed by atoms with Gasteiger partial charge in [-0.3, -0.25) is 4.79 Å². The number of nitrogens with zero attached hydrogens (tertiary/aromatic N) is 5. The van der Waals surface area contributed by atoms with Crippen LogP contribution in [-0.4, -0.2) is 76.3 Å². The summed E-state index contributed by atoms with van der Waals surface area (Å²) in [5, 5.41) is 7.14. The van der Waals surface area contributed by atoms with Crippen molar-refractivity contribution in [2.45, 2.75) is 13.8 Å². The van der Waals surface area contributed by atoms with Crippen LogP contribution in [0.2, 0.25) is 0 Å². The van der Waals surface area contributed by atoms with Crippen molar-refractivity contribution in [3.8, 4) is 5.69 Å². The van der Waals surface area contributed by atoms with Gasteiger partial charge in [0.25, 0.3) is 5.91 Å². The standard InChI is InChI=1S/C19H28N6O/c1-3-23-8-10-24(11-9-23)13-16(2)12-21-19(26)17-4-6-18(7-5-17)25-15-20-14-22-25/h4-7,14-16H,3,8-13H2,1-2H3,(H,21,26). The van der Waals surface area contributed by atoms with Crippen molar-refractivity contribution in [1.29, 1.82) is 0 Å². The van der Waals surface area contributed by atoms with E-state index in [9.17, 15) is 4.79 Å². The quantitative estimate of drug-likeness (QED) is 0.809. The Hall–Kier alpha value is -2.25. The van der Waals surface area contributed by atoms with Crippen LogP contribution in [-0.2, 0) is 0 Å². The van der Waals surface area contributed by atoms with E-state index in [-0.39, 0.29) is 5.91 Å². The zero-order valence-electron chi connectivity index (χ0n) is 15.6. The zero-order valence-corrected chi connectivity index (χ0v) is 15.6. The first-order valence-corrected chi connectivity index (χ1v) is 9.33. The van der Waals surface area contributed by atoms with Gasteiger partial charge in [0.05, 0.1) is 5.69 Å². The molecule has 0 bridgehead atoms. The Morgan fingerprint density at radius 2 is 1.85 bits per heavy atom. The molecule has 1 amide bonds. The number of piperazine rings is 1. The summed E-state index contributed by atoms with van der Waals surface area (Å²) < 4.78 is 1.67. The van der Waals surface area contributed by atoms with E-state index in [2.05, 4.69) is 39.0 Å². The van der Waals surface area contributed by atoms with Crippen LogP contribution in [0.25, 0.3) is 5.69 Å². The molecule has 0 aliphatic carbocycles. The van der Waals surface area contributed by atoms with E-state index in [1.165, 1.54) is 6.33 Å². The number of hydrogen-bond acceptors (Lipinski definition) is 5. The molecule has 2 aromatic rings. The van der Waals surface area contributed by atoms with Crippen molar-refractivity contribution < 1.29 is 4.79 Å². The summed E-state index contributed by atoms with van der Waals surface area (Å²) >= 11 is 0. The van der Waals surface area contributed by atoms with E-state index in [1.54, 1.807) is 11.0 Å². The molecular formula is C19H28N6O. The molecule has 3 rings (SSSR count). The van der Waals surface area contributed by atoms with Gasteiger partial charge in [0.2, 0.25) is 0 Å². The van der Waals surface area contributed by atoms with Crippen molar-refractivity contribution in [3.63, 3.8) is 0 Å². The first-order valence-electron chi connectivity index (χ1n) is 9.33. The van der Waals surface area contributed by atoms with Gasteiger partial charge in [-0.05, 0) is 36.7 Å². The maximum Gasteiger partial charge on any atom is 0.251 e. The molecule has 7 heteroatoms. The molecule has 0 radical (unpaired) electrons. The molecule has 1 fully saturated rings. The Balaban J connectivity index is 1.43. The van der Waals surface area contributed by atoms with Gasteiger partial charge < -0.3 is 15.1 Å². The van der Waals surface area contributed by atoms with Crippen molar-refractivity contribution >= 4 is 5.91 Å². The molecular weight excluding hydrogens is 328 g/mol. The fourth-order valence-electron chi connectivity index (χ4n) is 3.27. The average Bonchev–Trinajstić information content (AvgIpc) is 3.21. The Labute approximate surface area is 155 Å². The monoisotopic (exact) mass is 356 g/mol. The second kappa shape index (κ2) is 8.91. The molecule has 26 heavy (non-hydrogen) atoms. The third kappa shape index (κ3) is 4.89. The lowest BCUT2D eigenvalue weighted by Gasteiger charge is -2.35. The van der Waals surface area contributed by atoms with Crippen LogP contribution in [0.5, 0.6) is 0 Å². The van der Waals surface area contributed by atoms with E-state index in [4.69, 9.17) is 0 Å². The molecule has 1 aliphatic rings. The van der Waals surface area contributed by atoms with Crippen LogP contribution in [0.15, 0.2) is 36.9 Å². The van der Waals surface area contributed by atoms with Gasteiger partial charge in [-0.15, -0.1) is 0 Å². The zero-order chi connectivity index (χ0) is 18.4. The topological polar surface area (TPSA) is 66.3 Å². The van der Waals surface area contributed by atoms with Crippen LogP contribution in [0, 0.1) is 5.92 Å². The number of carbonyl (C=O) groups excluding carboxylic acids is 1. The largest absolute Gasteiger partial charge is 0.352 e. The van der Waals surface area contributed by atoms with Crippen molar-refractivity contribution in [1.82, 2.24) is 29.9 Å². The number of likely N-dealkylation sites (N-methyl/N-ethyl adjacent to an activating group) is 1. The number of nitrogens with one attached hydrogen (secondary N) is 1. The van der Waals surface area contributed by atoms with Crippen molar-refractivity contribution in [2.75, 3.05) is 45.8 Å². The Bertz CT molecular complexity index is 677. The predicted octanol–water partition coefficient (Wildman–Crippen LogP) is 1.27. The maximum atomic E-state index is 12.4. The number of rotatable bonds is 7. The van der Waals surface area contributed by atoms with Crippen LogP contribution >= 0.6 is 0 Å². The molecule has 1 N–H and O–H groups in total. The molecule has 1 atom stereocenters. The molecule has 140 valence electrons. The van der Waals surface area contributed by atoms with E-state index in [1.807, 2.05) is 24.3 Å². The minimum Gasteiger partial charge on any atom is -0.352 e. The highest BCUT2D eigenvalue weighted by Gasteiger charge is 2.17. The summed E-state index contributed by atoms with van der Waals surface area (Å²) in [6, 6.07) is 7.39. The van der Waals surface area contributed by atoms with Gasteiger partial charge in [-0.1, -0.05) is 13.8 Å². The number of hydrogen-bond donors (Lipinski definition) is 1. The highest BCUT2D eigenvalue weighted by Crippen LogP contribution is 2.09. The van der Waals surface area contributed by atoms with Gasteiger partial charge in [-0.2, -0.15) is 5.10 Å². The summed E-state index contributed by atoms with van der Waals surface area (Å²) in [6.07, 6.45) is 3.13. The molecule has 2 heterocycles. The molecule has 1 aliphatic heterocycles. The number of aromatic nitrogens is 3. The smallest absolute Gasteiger partial charge is 0.251 e. The lowest BCUT2D eigenvalue weighted by molar-refractivity contribution is 0.0933. The lowest BCUT2D eigenvalue weighted by Crippen LogP contribution is -2.48. The van der Waals surface area contributed by atoms with E-state index in [0.29, 0.717) is 18.0 Å². The Kier molecular flexibility index (Phi) is 6.35. The summed E-state index contributed by atoms with van der Waals surface area (Å²) in [5.74, 6) is 0.402. The van der Waals surface area contributed by atoms with E-state index < -0.39 is 0 Å². The normalized spacial score (nSPS) is 17.2. The summed E-state index contributed by atoms with van der Waals surface area (Å²) in [5.41, 5.74) is 1.55. The lowest BCUT2D eigenvalue weighted by atomic mass is 10.1. The molecule has 1 saturated heterocycles. The average molecular weight is 356 g/mol. The van der Waals surface area contributed by atoms with Gasteiger partial charge in [-0.25, -0.2) is 9.67 Å². The molecule has 0 spiro atoms. The van der Waals surface area contributed by atoms with Crippen LogP contribution < -0.4 is 5.32 Å². The predicted molar refractivity (Wildman–Crippen MR) is 101 cm³/mol. The second-order valence-corrected chi connectivity index (χ2v) is 6.94. The number of carbonyl (C=O) groups is 1. The summed E-state index contributed by atoms with van der Waals surface area (Å²) in [7, 11) is 0. The maximum absolute atomic E-state index is 12.4. The highest BCUT2D eigenvalue weighted by molar-refractivity contribution is 5.94. The fraction of sp³-hybridized carbons (Fsp3) is 0.526. The summed E-state index contributed by atoms with van der Waals surface area (Å²) in [6.45, 7) is 11.8. The molecule has 1 aromatic carbocycles. The van der Waals surface area contributed by atoms with Crippen molar-refractivity contribution in [2.24, 2.45) is 5.92 Å². The molecule has 7 nitrogen and oxygen atoms in total. The van der Waals surface area contributed by atoms with E-state index >= 15 is 0 Å². The molecule has 1 aromatic heterocycles. The van der Waals surface area contributed by atoms with Crippen LogP contribution in [0.1, 0.15) is 24.2 Å². The van der Waals surface area contributed by atoms with Crippen LogP contribution in [0.3, 0.4) is 0 Å². The summed E-state index contributed by atoms with van der Waals surface area (Å²) in [4.78, 5) is 21.3. The minimum absolute atomic E-state index is 0.0298. The van der Waals surface area contributed by atoms with Gasteiger partial charge in [0, 0.05) is 44.8 Å². The SMILES string of the molecule is CCN1CCN(CC(C)CNC(=O)c2ccc(-n3cncn3)cc2)CC1. The van der Waals surface area contributed by atoms with Gasteiger partial charge in [0.15, 0.2) is 0 Å². The first-order chi connectivity index (χ1) is 12.7. The van der Waals surface area contributed by atoms with Crippen molar-refractivity contribution in [3.05, 3.63) is 42.5 Å². The fourth-order valence-corrected chi connectivity index (χ4v) is 3.27. The Morgan fingerprint density at radius 3 is 2.46 bits per heavy atom. The third-order valence-corrected chi connectivity index (χ3v) is 4.91. The minimum atomic E-state index is -0.0298. The molecule has 1 unspecified atom stereocenters. The molecule has 0 saturated carbocycles.